The van der Waals surface area contributed by atoms with Crippen LogP contribution in [0.25, 0.3) is 0 Å². The number of nitrogens with one attached hydrogen (secondary N) is 1. The smallest absolute Gasteiger partial charge is 0.224 e. The maximum absolute atomic E-state index is 12.4. The van der Waals surface area contributed by atoms with Gasteiger partial charge < -0.3 is 15.0 Å². The Kier molecular flexibility index (Phi) is 5.89. The second-order valence-corrected chi connectivity index (χ2v) is 6.65. The lowest BCUT2D eigenvalue weighted by molar-refractivity contribution is -0.134. The van der Waals surface area contributed by atoms with Crippen LogP contribution in [0, 0.1) is 0 Å². The van der Waals surface area contributed by atoms with Gasteiger partial charge in [-0.15, -0.1) is 0 Å². The monoisotopic (exact) mass is 337 g/mol. The van der Waals surface area contributed by atoms with Gasteiger partial charge >= 0.3 is 0 Å². The number of benzene rings is 1. The molecule has 0 bridgehead atoms. The van der Waals surface area contributed by atoms with Gasteiger partial charge in [-0.2, -0.15) is 0 Å². The Balaban J connectivity index is 1.42. The molecule has 5 nitrogen and oxygen atoms in total. The van der Waals surface area contributed by atoms with Gasteiger partial charge in [-0.1, -0.05) is 23.7 Å². The lowest BCUT2D eigenvalue weighted by atomic mass is 10.1. The third-order valence-corrected chi connectivity index (χ3v) is 4.72. The molecule has 0 aromatic heterocycles. The molecule has 1 amide bonds. The van der Waals surface area contributed by atoms with Crippen LogP contribution in [0.2, 0.25) is 5.02 Å². The molecule has 2 fully saturated rings. The maximum atomic E-state index is 12.4. The summed E-state index contributed by atoms with van der Waals surface area (Å²) in [6.07, 6.45) is 0.539. The molecular weight excluding hydrogens is 314 g/mol. The summed E-state index contributed by atoms with van der Waals surface area (Å²) in [5.74, 6) is 0.235. The Morgan fingerprint density at radius 2 is 1.96 bits per heavy atom. The van der Waals surface area contributed by atoms with Crippen molar-refractivity contribution >= 4 is 17.5 Å². The molecule has 0 radical (unpaired) electrons. The summed E-state index contributed by atoms with van der Waals surface area (Å²) in [6.45, 7) is 6.59. The lowest BCUT2D eigenvalue weighted by Crippen LogP contribution is -2.51. The summed E-state index contributed by atoms with van der Waals surface area (Å²) in [7, 11) is 0. The van der Waals surface area contributed by atoms with E-state index in [1.54, 1.807) is 0 Å². The summed E-state index contributed by atoms with van der Waals surface area (Å²) in [6, 6.07) is 8.15. The zero-order chi connectivity index (χ0) is 16.1. The van der Waals surface area contributed by atoms with Crippen LogP contribution >= 0.6 is 11.6 Å². The average Bonchev–Trinajstić information content (AvgIpc) is 2.58. The van der Waals surface area contributed by atoms with Crippen molar-refractivity contribution in [2.45, 2.75) is 19.0 Å². The summed E-state index contributed by atoms with van der Waals surface area (Å²) < 4.78 is 5.41. The third kappa shape index (κ3) is 4.91. The van der Waals surface area contributed by atoms with Crippen molar-refractivity contribution in [2.75, 3.05) is 45.9 Å². The Labute approximate surface area is 142 Å². The second-order valence-electron chi connectivity index (χ2n) is 6.21. The highest BCUT2D eigenvalue weighted by atomic mass is 35.5. The van der Waals surface area contributed by atoms with Crippen LogP contribution in [0.1, 0.15) is 12.0 Å². The van der Waals surface area contributed by atoms with Crippen LogP contribution in [0.3, 0.4) is 0 Å². The van der Waals surface area contributed by atoms with Crippen molar-refractivity contribution in [2.24, 2.45) is 0 Å². The van der Waals surface area contributed by atoms with Crippen LogP contribution in [-0.4, -0.2) is 67.7 Å². The fraction of sp³-hybridized carbons (Fsp3) is 0.588. The zero-order valence-corrected chi connectivity index (χ0v) is 14.1. The van der Waals surface area contributed by atoms with E-state index >= 15 is 0 Å². The largest absolute Gasteiger partial charge is 0.378 e. The number of carbonyl (C=O) groups is 1. The molecule has 6 heteroatoms. The fourth-order valence-corrected chi connectivity index (χ4v) is 3.22. The minimum atomic E-state index is 0.170. The maximum Gasteiger partial charge on any atom is 0.224 e. The van der Waals surface area contributed by atoms with Crippen LogP contribution in [0.15, 0.2) is 24.3 Å². The highest BCUT2D eigenvalue weighted by molar-refractivity contribution is 6.30. The van der Waals surface area contributed by atoms with E-state index in [-0.39, 0.29) is 11.9 Å². The molecule has 0 aliphatic carbocycles. The fourth-order valence-electron chi connectivity index (χ4n) is 3.09. The highest BCUT2D eigenvalue weighted by Gasteiger charge is 2.24. The molecular formula is C17H24ClN3O2. The molecule has 2 aliphatic rings. The van der Waals surface area contributed by atoms with Gasteiger partial charge in [0.2, 0.25) is 5.91 Å². The van der Waals surface area contributed by atoms with Crippen molar-refractivity contribution in [1.29, 1.82) is 0 Å². The number of nitrogens with zero attached hydrogens (tertiary/aromatic N) is 2. The summed E-state index contributed by atoms with van der Waals surface area (Å²) in [5.41, 5.74) is 1.26. The van der Waals surface area contributed by atoms with Gasteiger partial charge in [0.1, 0.15) is 0 Å². The Bertz CT molecular complexity index is 509. The van der Waals surface area contributed by atoms with E-state index in [1.165, 1.54) is 5.56 Å². The van der Waals surface area contributed by atoms with Crippen molar-refractivity contribution in [3.05, 3.63) is 34.9 Å². The first-order chi connectivity index (χ1) is 11.2. The molecule has 1 N–H and O–H groups in total. The Morgan fingerprint density at radius 3 is 2.61 bits per heavy atom. The normalized spacial score (nSPS) is 23.0. The molecule has 2 saturated heterocycles. The molecule has 23 heavy (non-hydrogen) atoms. The van der Waals surface area contributed by atoms with Crippen LogP contribution < -0.4 is 5.32 Å². The van der Waals surface area contributed by atoms with Gasteiger partial charge in [0.05, 0.1) is 13.2 Å². The quantitative estimate of drug-likeness (QED) is 0.901. The molecule has 1 aromatic rings. The highest BCUT2D eigenvalue weighted by Crippen LogP contribution is 2.13. The molecule has 1 unspecified atom stereocenters. The van der Waals surface area contributed by atoms with Gasteiger partial charge in [0, 0.05) is 56.8 Å². The second kappa shape index (κ2) is 8.11. The summed E-state index contributed by atoms with van der Waals surface area (Å²) in [5, 5.41) is 4.11. The minimum absolute atomic E-state index is 0.170. The van der Waals surface area contributed by atoms with E-state index in [4.69, 9.17) is 16.3 Å². The number of hydrogen-bond acceptors (Lipinski definition) is 4. The van der Waals surface area contributed by atoms with Crippen molar-refractivity contribution in [3.63, 3.8) is 0 Å². The third-order valence-electron chi connectivity index (χ3n) is 4.46. The minimum Gasteiger partial charge on any atom is -0.378 e. The Morgan fingerprint density at radius 1 is 1.22 bits per heavy atom. The lowest BCUT2D eigenvalue weighted by Gasteiger charge is -2.35. The number of piperazine rings is 1. The van der Waals surface area contributed by atoms with E-state index in [1.807, 2.05) is 17.0 Å². The number of carbonyl (C=O) groups excluding carboxylic acids is 1. The molecule has 3 rings (SSSR count). The molecule has 0 saturated carbocycles. The number of morpholine rings is 1. The zero-order valence-electron chi connectivity index (χ0n) is 13.3. The van der Waals surface area contributed by atoms with Crippen molar-refractivity contribution < 1.29 is 9.53 Å². The first kappa shape index (κ1) is 16.7. The molecule has 126 valence electrons. The predicted octanol–water partition coefficient (Wildman–Crippen LogP) is 1.36. The van der Waals surface area contributed by atoms with Gasteiger partial charge in [-0.3, -0.25) is 9.69 Å². The molecule has 0 spiro atoms. The number of rotatable bonds is 4. The number of hydrogen-bond donors (Lipinski definition) is 1. The topological polar surface area (TPSA) is 44.8 Å². The van der Waals surface area contributed by atoms with Crippen molar-refractivity contribution in [1.82, 2.24) is 15.1 Å². The van der Waals surface area contributed by atoms with E-state index < -0.39 is 0 Å². The van der Waals surface area contributed by atoms with E-state index in [0.29, 0.717) is 13.0 Å². The standard InChI is InChI=1S/C17H24ClN3O2/c18-15-3-1-14(2-4-15)12-20-6-8-21(9-7-20)17(22)11-16-13-23-10-5-19-16/h1-4,16,19H,5-13H2. The van der Waals surface area contributed by atoms with Gasteiger partial charge in [0.15, 0.2) is 0 Å². The summed E-state index contributed by atoms with van der Waals surface area (Å²) >= 11 is 5.92. The van der Waals surface area contributed by atoms with E-state index in [9.17, 15) is 4.79 Å². The van der Waals surface area contributed by atoms with Gasteiger partial charge in [-0.05, 0) is 17.7 Å². The molecule has 2 aliphatic heterocycles. The number of ether oxygens (including phenoxy) is 1. The van der Waals surface area contributed by atoms with Crippen LogP contribution in [0.5, 0.6) is 0 Å². The Hall–Kier alpha value is -1.14. The van der Waals surface area contributed by atoms with Crippen LogP contribution in [-0.2, 0) is 16.1 Å². The van der Waals surface area contributed by atoms with Gasteiger partial charge in [0.25, 0.3) is 0 Å². The summed E-state index contributed by atoms with van der Waals surface area (Å²) in [4.78, 5) is 16.7. The van der Waals surface area contributed by atoms with Crippen LogP contribution in [0.4, 0.5) is 0 Å². The molecule has 1 atom stereocenters. The van der Waals surface area contributed by atoms with E-state index in [0.717, 1.165) is 50.9 Å². The number of amides is 1. The van der Waals surface area contributed by atoms with E-state index in [2.05, 4.69) is 22.3 Å². The predicted molar refractivity (Wildman–Crippen MR) is 90.5 cm³/mol. The first-order valence-corrected chi connectivity index (χ1v) is 8.64. The molecule has 1 aromatic carbocycles. The number of halogens is 1. The molecule has 2 heterocycles. The SMILES string of the molecule is O=C(CC1COCCN1)N1CCN(Cc2ccc(Cl)cc2)CC1. The van der Waals surface area contributed by atoms with Gasteiger partial charge in [-0.25, -0.2) is 0 Å². The average molecular weight is 338 g/mol. The first-order valence-electron chi connectivity index (χ1n) is 8.26. The van der Waals surface area contributed by atoms with Crippen molar-refractivity contribution in [3.8, 4) is 0 Å².